The second kappa shape index (κ2) is 5.29. The smallest absolute Gasteiger partial charge is 0.136 e. The van der Waals surface area contributed by atoms with Gasteiger partial charge in [0.1, 0.15) is 11.6 Å². The molecule has 0 aromatic heterocycles. The zero-order valence-electron chi connectivity index (χ0n) is 7.72. The lowest BCUT2D eigenvalue weighted by Crippen LogP contribution is -2.05. The molecule has 0 saturated heterocycles. The van der Waals surface area contributed by atoms with Crippen molar-refractivity contribution in [1.29, 1.82) is 0 Å². The first-order valence-corrected chi connectivity index (χ1v) is 4.82. The number of rotatable bonds is 4. The van der Waals surface area contributed by atoms with Crippen LogP contribution in [0.2, 0.25) is 0 Å². The van der Waals surface area contributed by atoms with Crippen molar-refractivity contribution in [3.63, 3.8) is 0 Å². The molecule has 0 bridgehead atoms. The van der Waals surface area contributed by atoms with Gasteiger partial charge in [0.25, 0.3) is 0 Å². The summed E-state index contributed by atoms with van der Waals surface area (Å²) in [5.74, 6) is 5.03. The number of hydrogen-bond acceptors (Lipinski definition) is 3. The molecule has 3 nitrogen and oxygen atoms in total. The predicted molar refractivity (Wildman–Crippen MR) is 54.5 cm³/mol. The second-order valence-corrected chi connectivity index (χ2v) is 3.49. The number of ether oxygens (including phenoxy) is 1. The molecule has 0 aliphatic carbocycles. The Labute approximate surface area is 90.1 Å². The molecule has 0 heterocycles. The van der Waals surface area contributed by atoms with E-state index in [1.807, 2.05) is 0 Å². The van der Waals surface area contributed by atoms with Crippen molar-refractivity contribution in [2.45, 2.75) is 6.42 Å². The van der Waals surface area contributed by atoms with Crippen molar-refractivity contribution in [3.8, 4) is 5.75 Å². The van der Waals surface area contributed by atoms with E-state index in [4.69, 9.17) is 10.6 Å². The van der Waals surface area contributed by atoms with Crippen LogP contribution in [0.1, 0.15) is 5.56 Å². The molecule has 0 atom stereocenters. The summed E-state index contributed by atoms with van der Waals surface area (Å²) in [4.78, 5) is 4.43. The molecule has 14 heavy (non-hydrogen) atoms. The minimum absolute atomic E-state index is 0.336. The van der Waals surface area contributed by atoms with E-state index < -0.39 is 0 Å². The Morgan fingerprint density at radius 1 is 1.50 bits per heavy atom. The zero-order chi connectivity index (χ0) is 10.6. The fourth-order valence-corrected chi connectivity index (χ4v) is 1.71. The molecule has 0 radical (unpaired) electrons. The first-order valence-electron chi connectivity index (χ1n) is 4.02. The van der Waals surface area contributed by atoms with Crippen LogP contribution in [-0.4, -0.2) is 13.7 Å². The van der Waals surface area contributed by atoms with E-state index >= 15 is 0 Å². The van der Waals surface area contributed by atoms with Crippen LogP contribution in [0.25, 0.3) is 0 Å². The molecule has 2 N–H and O–H groups in total. The third kappa shape index (κ3) is 2.67. The summed E-state index contributed by atoms with van der Waals surface area (Å²) in [6, 6.07) is 2.74. The Morgan fingerprint density at radius 3 is 2.79 bits per heavy atom. The summed E-state index contributed by atoms with van der Waals surface area (Å²) in [7, 11) is 1.49. The molecule has 0 unspecified atom stereocenters. The molecule has 1 aromatic rings. The minimum Gasteiger partial charge on any atom is -0.495 e. The van der Waals surface area contributed by atoms with Gasteiger partial charge in [-0.05, 0) is 34.0 Å². The first-order chi connectivity index (χ1) is 6.69. The van der Waals surface area contributed by atoms with E-state index in [9.17, 15) is 4.39 Å². The molecule has 0 fully saturated rings. The van der Waals surface area contributed by atoms with E-state index in [2.05, 4.69) is 20.8 Å². The topological polar surface area (TPSA) is 44.5 Å². The van der Waals surface area contributed by atoms with Crippen molar-refractivity contribution in [1.82, 2.24) is 0 Å². The van der Waals surface area contributed by atoms with E-state index in [-0.39, 0.29) is 5.82 Å². The molecule has 0 spiro atoms. The summed E-state index contributed by atoms with van der Waals surface area (Å²) < 4.78 is 18.8. The van der Waals surface area contributed by atoms with E-state index in [1.54, 1.807) is 0 Å². The minimum atomic E-state index is -0.336. The van der Waals surface area contributed by atoms with Gasteiger partial charge in [-0.15, -0.1) is 0 Å². The standard InChI is InChI=1S/C9H11BrFNO2/c1-13-8-5-7(11)4-6(9(8)10)2-3-14-12/h4-5H,2-3,12H2,1H3. The summed E-state index contributed by atoms with van der Waals surface area (Å²) in [6.07, 6.45) is 0.533. The summed E-state index contributed by atoms with van der Waals surface area (Å²) >= 11 is 3.32. The number of benzene rings is 1. The normalized spacial score (nSPS) is 10.3. The Morgan fingerprint density at radius 2 is 2.21 bits per heavy atom. The molecular formula is C9H11BrFNO2. The molecule has 0 saturated carbocycles. The average molecular weight is 264 g/mol. The van der Waals surface area contributed by atoms with Crippen molar-refractivity contribution in [2.75, 3.05) is 13.7 Å². The Bertz CT molecular complexity index is 320. The third-order valence-electron chi connectivity index (χ3n) is 1.79. The van der Waals surface area contributed by atoms with E-state index in [0.717, 1.165) is 10.0 Å². The maximum absolute atomic E-state index is 13.0. The van der Waals surface area contributed by atoms with Gasteiger partial charge in [0.2, 0.25) is 0 Å². The molecule has 5 heteroatoms. The largest absolute Gasteiger partial charge is 0.495 e. The monoisotopic (exact) mass is 263 g/mol. The fraction of sp³-hybridized carbons (Fsp3) is 0.333. The molecular weight excluding hydrogens is 253 g/mol. The maximum Gasteiger partial charge on any atom is 0.136 e. The lowest BCUT2D eigenvalue weighted by atomic mass is 10.1. The van der Waals surface area contributed by atoms with Gasteiger partial charge in [-0.3, -0.25) is 0 Å². The highest BCUT2D eigenvalue weighted by Gasteiger charge is 2.08. The molecule has 0 aliphatic rings. The van der Waals surface area contributed by atoms with Gasteiger partial charge in [0.05, 0.1) is 18.2 Å². The zero-order valence-corrected chi connectivity index (χ0v) is 9.30. The number of nitrogens with two attached hydrogens (primary N) is 1. The number of halogens is 2. The van der Waals surface area contributed by atoms with Crippen LogP contribution >= 0.6 is 15.9 Å². The van der Waals surface area contributed by atoms with Crippen molar-refractivity contribution in [3.05, 3.63) is 28.0 Å². The quantitative estimate of drug-likeness (QED) is 0.846. The second-order valence-electron chi connectivity index (χ2n) is 2.70. The van der Waals surface area contributed by atoms with Gasteiger partial charge in [0, 0.05) is 6.07 Å². The Hall–Kier alpha value is -0.650. The van der Waals surface area contributed by atoms with Crippen LogP contribution in [0, 0.1) is 5.82 Å². The van der Waals surface area contributed by atoms with Crippen LogP contribution in [0.4, 0.5) is 4.39 Å². The Kier molecular flexibility index (Phi) is 4.31. The van der Waals surface area contributed by atoms with Gasteiger partial charge >= 0.3 is 0 Å². The van der Waals surface area contributed by atoms with Gasteiger partial charge in [0.15, 0.2) is 0 Å². The van der Waals surface area contributed by atoms with Crippen LogP contribution in [0.5, 0.6) is 5.75 Å². The van der Waals surface area contributed by atoms with Gasteiger partial charge in [-0.25, -0.2) is 10.3 Å². The molecule has 1 aromatic carbocycles. The molecule has 0 amide bonds. The van der Waals surface area contributed by atoms with Crippen molar-refractivity contribution in [2.24, 2.45) is 5.90 Å². The van der Waals surface area contributed by atoms with Crippen LogP contribution < -0.4 is 10.6 Å². The van der Waals surface area contributed by atoms with Crippen molar-refractivity contribution >= 4 is 15.9 Å². The lowest BCUT2D eigenvalue weighted by molar-refractivity contribution is 0.141. The number of hydrogen-bond donors (Lipinski definition) is 1. The van der Waals surface area contributed by atoms with E-state index in [1.165, 1.54) is 19.2 Å². The van der Waals surface area contributed by atoms with Crippen molar-refractivity contribution < 1.29 is 14.0 Å². The average Bonchev–Trinajstić information content (AvgIpc) is 2.18. The van der Waals surface area contributed by atoms with Gasteiger partial charge in [-0.1, -0.05) is 0 Å². The molecule has 78 valence electrons. The van der Waals surface area contributed by atoms with Gasteiger partial charge < -0.3 is 9.57 Å². The summed E-state index contributed by atoms with van der Waals surface area (Å²) in [6.45, 7) is 0.338. The summed E-state index contributed by atoms with van der Waals surface area (Å²) in [5.41, 5.74) is 0.771. The lowest BCUT2D eigenvalue weighted by Gasteiger charge is -2.08. The fourth-order valence-electron chi connectivity index (χ4n) is 1.12. The Balaban J connectivity index is 2.96. The number of methoxy groups -OCH3 is 1. The maximum atomic E-state index is 13.0. The highest BCUT2D eigenvalue weighted by Crippen LogP contribution is 2.30. The highest BCUT2D eigenvalue weighted by atomic mass is 79.9. The van der Waals surface area contributed by atoms with Crippen LogP contribution in [0.15, 0.2) is 16.6 Å². The SMILES string of the molecule is COc1cc(F)cc(CCON)c1Br. The highest BCUT2D eigenvalue weighted by molar-refractivity contribution is 9.10. The first kappa shape index (κ1) is 11.4. The van der Waals surface area contributed by atoms with Gasteiger partial charge in [-0.2, -0.15) is 0 Å². The van der Waals surface area contributed by atoms with Crippen LogP contribution in [0.3, 0.4) is 0 Å². The molecule has 1 rings (SSSR count). The summed E-state index contributed by atoms with van der Waals surface area (Å²) in [5, 5.41) is 0. The predicted octanol–water partition coefficient (Wildman–Crippen LogP) is 2.03. The van der Waals surface area contributed by atoms with E-state index in [0.29, 0.717) is 18.8 Å². The third-order valence-corrected chi connectivity index (χ3v) is 2.69. The van der Waals surface area contributed by atoms with Crippen LogP contribution in [-0.2, 0) is 11.3 Å². The molecule has 0 aliphatic heterocycles.